The average Bonchev–Trinajstić information content (AvgIpc) is 2.58. The van der Waals surface area contributed by atoms with Crippen LogP contribution in [0.3, 0.4) is 0 Å². The molecule has 0 saturated carbocycles. The maximum Gasteiger partial charge on any atom is 0.00608 e. The first-order valence-corrected chi connectivity index (χ1v) is 7.57. The van der Waals surface area contributed by atoms with Gasteiger partial charge in [-0.2, -0.15) is 0 Å². The lowest BCUT2D eigenvalue weighted by atomic mass is 9.78. The molecule has 3 atom stereocenters. The first-order chi connectivity index (χ1) is 9.45. The maximum absolute atomic E-state index is 2.50. The van der Waals surface area contributed by atoms with Crippen LogP contribution in [0.4, 0.5) is 0 Å². The lowest BCUT2D eigenvalue weighted by molar-refractivity contribution is 0.371. The Labute approximate surface area is 115 Å². The third-order valence-corrected chi connectivity index (χ3v) is 5.00. The smallest absolute Gasteiger partial charge is 0.00608 e. The maximum atomic E-state index is 2.50. The molecular formula is C19H20. The standard InChI is InChI=1S/C19H20/c1-2-8-14-9-4-5-13-18-16-11-7-6-10-15(16)17(12-3-1)19(14)18/h1-3,5-6,8,10,12-13,15-16,18H,4,7,9,11H2/b2-1-,3-1?,8-2?,12-3?,14-8-,17-12?. The Morgan fingerprint density at radius 1 is 0.895 bits per heavy atom. The largest absolute Gasteiger partial charge is 0.0879 e. The fourth-order valence-corrected chi connectivity index (χ4v) is 4.20. The predicted molar refractivity (Wildman–Crippen MR) is 80.6 cm³/mol. The van der Waals surface area contributed by atoms with Gasteiger partial charge in [0, 0.05) is 11.8 Å². The Morgan fingerprint density at radius 2 is 1.79 bits per heavy atom. The first kappa shape index (κ1) is 11.3. The van der Waals surface area contributed by atoms with E-state index in [0.717, 1.165) is 5.92 Å². The molecule has 96 valence electrons. The van der Waals surface area contributed by atoms with Crippen molar-refractivity contribution < 1.29 is 0 Å². The van der Waals surface area contributed by atoms with Crippen molar-refractivity contribution in [2.24, 2.45) is 17.8 Å². The van der Waals surface area contributed by atoms with Gasteiger partial charge in [0.1, 0.15) is 0 Å². The van der Waals surface area contributed by atoms with E-state index in [1.54, 1.807) is 16.7 Å². The van der Waals surface area contributed by atoms with Crippen molar-refractivity contribution in [1.82, 2.24) is 0 Å². The molecule has 0 saturated heterocycles. The summed E-state index contributed by atoms with van der Waals surface area (Å²) >= 11 is 0. The molecule has 0 aromatic carbocycles. The lowest BCUT2D eigenvalue weighted by Gasteiger charge is -2.26. The van der Waals surface area contributed by atoms with Crippen molar-refractivity contribution in [2.75, 3.05) is 0 Å². The molecule has 4 rings (SSSR count). The highest BCUT2D eigenvalue weighted by Gasteiger charge is 2.41. The van der Waals surface area contributed by atoms with Crippen LogP contribution in [0.1, 0.15) is 25.7 Å². The van der Waals surface area contributed by atoms with Crippen LogP contribution in [0, 0.1) is 17.8 Å². The summed E-state index contributed by atoms with van der Waals surface area (Å²) in [5.41, 5.74) is 4.82. The van der Waals surface area contributed by atoms with Crippen molar-refractivity contribution in [3.63, 3.8) is 0 Å². The Bertz CT molecular complexity index is 563. The van der Waals surface area contributed by atoms with E-state index in [0.29, 0.717) is 11.8 Å². The third kappa shape index (κ3) is 1.74. The van der Waals surface area contributed by atoms with Crippen molar-refractivity contribution in [1.29, 1.82) is 0 Å². The topological polar surface area (TPSA) is 0 Å². The van der Waals surface area contributed by atoms with Crippen LogP contribution in [-0.2, 0) is 0 Å². The summed E-state index contributed by atoms with van der Waals surface area (Å²) in [6.07, 6.45) is 26.1. The van der Waals surface area contributed by atoms with Crippen LogP contribution in [0.15, 0.2) is 71.4 Å². The highest BCUT2D eigenvalue weighted by molar-refractivity contribution is 5.54. The lowest BCUT2D eigenvalue weighted by Crippen LogP contribution is -2.17. The molecule has 0 aromatic heterocycles. The normalized spacial score (nSPS) is 39.8. The van der Waals surface area contributed by atoms with Crippen molar-refractivity contribution in [3.05, 3.63) is 71.4 Å². The SMILES string of the molecule is C1=CC2=C3/C(=C\C=C/1)CCC=CC3C1CCC=CC21. The first-order valence-electron chi connectivity index (χ1n) is 7.57. The van der Waals surface area contributed by atoms with Gasteiger partial charge in [-0.25, -0.2) is 0 Å². The zero-order valence-corrected chi connectivity index (χ0v) is 11.3. The van der Waals surface area contributed by atoms with Gasteiger partial charge in [0.2, 0.25) is 0 Å². The molecule has 0 spiro atoms. The second-order valence-corrected chi connectivity index (χ2v) is 5.99. The molecule has 0 nitrogen and oxygen atoms in total. The molecule has 0 aliphatic heterocycles. The third-order valence-electron chi connectivity index (χ3n) is 5.00. The van der Waals surface area contributed by atoms with Gasteiger partial charge in [-0.1, -0.05) is 54.7 Å². The zero-order chi connectivity index (χ0) is 12.7. The molecular weight excluding hydrogens is 228 g/mol. The minimum Gasteiger partial charge on any atom is -0.0879 e. The van der Waals surface area contributed by atoms with Crippen molar-refractivity contribution in [2.45, 2.75) is 25.7 Å². The van der Waals surface area contributed by atoms with E-state index >= 15 is 0 Å². The van der Waals surface area contributed by atoms with Gasteiger partial charge in [-0.05, 0) is 48.3 Å². The number of rotatable bonds is 0. The quantitative estimate of drug-likeness (QED) is 0.535. The van der Waals surface area contributed by atoms with E-state index in [4.69, 9.17) is 0 Å². The summed E-state index contributed by atoms with van der Waals surface area (Å²) < 4.78 is 0. The summed E-state index contributed by atoms with van der Waals surface area (Å²) in [4.78, 5) is 0. The van der Waals surface area contributed by atoms with E-state index in [9.17, 15) is 0 Å². The van der Waals surface area contributed by atoms with Gasteiger partial charge in [0.05, 0.1) is 0 Å². The molecule has 19 heavy (non-hydrogen) atoms. The second kappa shape index (κ2) is 4.52. The molecule has 0 bridgehead atoms. The highest BCUT2D eigenvalue weighted by atomic mass is 14.4. The van der Waals surface area contributed by atoms with Gasteiger partial charge in [0.25, 0.3) is 0 Å². The number of allylic oxidation sites excluding steroid dienone is 12. The Balaban J connectivity index is 1.91. The molecule has 0 aromatic rings. The van der Waals surface area contributed by atoms with Gasteiger partial charge in [-0.3, -0.25) is 0 Å². The van der Waals surface area contributed by atoms with Crippen LogP contribution >= 0.6 is 0 Å². The Kier molecular flexibility index (Phi) is 2.69. The minimum atomic E-state index is 0.655. The van der Waals surface area contributed by atoms with E-state index < -0.39 is 0 Å². The summed E-state index contributed by atoms with van der Waals surface area (Å²) in [6, 6.07) is 0. The van der Waals surface area contributed by atoms with Gasteiger partial charge in [-0.15, -0.1) is 0 Å². The molecule has 4 aliphatic rings. The average molecular weight is 248 g/mol. The van der Waals surface area contributed by atoms with Gasteiger partial charge < -0.3 is 0 Å². The highest BCUT2D eigenvalue weighted by Crippen LogP contribution is 2.52. The van der Waals surface area contributed by atoms with Crippen LogP contribution in [0.5, 0.6) is 0 Å². The van der Waals surface area contributed by atoms with Gasteiger partial charge >= 0.3 is 0 Å². The van der Waals surface area contributed by atoms with Crippen LogP contribution in [0.2, 0.25) is 0 Å². The Hall–Kier alpha value is -1.56. The van der Waals surface area contributed by atoms with Crippen LogP contribution < -0.4 is 0 Å². The minimum absolute atomic E-state index is 0.655. The molecule has 0 heteroatoms. The second-order valence-electron chi connectivity index (χ2n) is 5.99. The van der Waals surface area contributed by atoms with Gasteiger partial charge in [0.15, 0.2) is 0 Å². The fourth-order valence-electron chi connectivity index (χ4n) is 4.20. The predicted octanol–water partition coefficient (Wildman–Crippen LogP) is 4.90. The molecule has 4 aliphatic carbocycles. The summed E-state index contributed by atoms with van der Waals surface area (Å²) in [5.74, 6) is 2.12. The fraction of sp³-hybridized carbons (Fsp3) is 0.368. The van der Waals surface area contributed by atoms with Crippen molar-refractivity contribution in [3.8, 4) is 0 Å². The molecule has 3 unspecified atom stereocenters. The molecule has 0 fully saturated rings. The Morgan fingerprint density at radius 3 is 2.79 bits per heavy atom. The summed E-state index contributed by atoms with van der Waals surface area (Å²) in [6.45, 7) is 0. The number of hydrogen-bond acceptors (Lipinski definition) is 0. The summed E-state index contributed by atoms with van der Waals surface area (Å²) in [5, 5.41) is 0. The zero-order valence-electron chi connectivity index (χ0n) is 11.3. The summed E-state index contributed by atoms with van der Waals surface area (Å²) in [7, 11) is 0. The monoisotopic (exact) mass is 248 g/mol. The molecule has 0 heterocycles. The van der Waals surface area contributed by atoms with E-state index in [2.05, 4.69) is 54.7 Å². The molecule has 0 radical (unpaired) electrons. The number of fused-ring (bicyclic) bond motifs is 3. The number of hydrogen-bond donors (Lipinski definition) is 0. The van der Waals surface area contributed by atoms with E-state index in [1.165, 1.54) is 25.7 Å². The van der Waals surface area contributed by atoms with Crippen LogP contribution in [-0.4, -0.2) is 0 Å². The van der Waals surface area contributed by atoms with Crippen LogP contribution in [0.25, 0.3) is 0 Å². The van der Waals surface area contributed by atoms with E-state index in [1.807, 2.05) is 0 Å². The molecule has 0 N–H and O–H groups in total. The molecule has 0 amide bonds. The van der Waals surface area contributed by atoms with E-state index in [-0.39, 0.29) is 0 Å². The van der Waals surface area contributed by atoms with Crippen molar-refractivity contribution >= 4 is 0 Å².